The standard InChI is InChI=1S/C12H17N3S/c1-16-9-4-2-3-7-14-12-11(10-13)6-5-8-15-12/h5-6,8H,2-4,7,9H2,1H3,(H,14,15). The van der Waals surface area contributed by atoms with Crippen molar-refractivity contribution < 1.29 is 0 Å². The predicted octanol–water partition coefficient (Wildman–Crippen LogP) is 2.90. The Morgan fingerprint density at radius 2 is 2.31 bits per heavy atom. The molecule has 0 atom stereocenters. The maximum Gasteiger partial charge on any atom is 0.143 e. The molecular formula is C12H17N3S. The van der Waals surface area contributed by atoms with E-state index in [1.807, 2.05) is 11.8 Å². The van der Waals surface area contributed by atoms with Crippen molar-refractivity contribution in [2.24, 2.45) is 0 Å². The van der Waals surface area contributed by atoms with Crippen LogP contribution in [-0.4, -0.2) is 23.5 Å². The molecule has 1 rings (SSSR count). The van der Waals surface area contributed by atoms with Gasteiger partial charge in [-0.25, -0.2) is 4.98 Å². The molecule has 0 radical (unpaired) electrons. The average Bonchev–Trinajstić information content (AvgIpc) is 2.34. The van der Waals surface area contributed by atoms with E-state index in [0.717, 1.165) is 13.0 Å². The minimum absolute atomic E-state index is 0.617. The number of nitrogens with one attached hydrogen (secondary N) is 1. The summed E-state index contributed by atoms with van der Waals surface area (Å²) < 4.78 is 0. The van der Waals surface area contributed by atoms with Crippen LogP contribution in [0.2, 0.25) is 0 Å². The molecule has 0 saturated carbocycles. The Morgan fingerprint density at radius 1 is 1.44 bits per heavy atom. The molecule has 1 N–H and O–H groups in total. The monoisotopic (exact) mass is 235 g/mol. The molecule has 0 saturated heterocycles. The van der Waals surface area contributed by atoms with Crippen molar-refractivity contribution >= 4 is 17.6 Å². The lowest BCUT2D eigenvalue weighted by molar-refractivity contribution is 0.748. The number of rotatable bonds is 7. The van der Waals surface area contributed by atoms with Crippen LogP contribution in [0.1, 0.15) is 24.8 Å². The molecule has 1 heterocycles. The quantitative estimate of drug-likeness (QED) is 0.738. The van der Waals surface area contributed by atoms with E-state index in [2.05, 4.69) is 22.6 Å². The fourth-order valence-corrected chi connectivity index (χ4v) is 1.88. The smallest absolute Gasteiger partial charge is 0.143 e. The first-order valence-electron chi connectivity index (χ1n) is 5.46. The topological polar surface area (TPSA) is 48.7 Å². The lowest BCUT2D eigenvalue weighted by Crippen LogP contribution is -2.05. The summed E-state index contributed by atoms with van der Waals surface area (Å²) >= 11 is 1.89. The maximum atomic E-state index is 8.86. The van der Waals surface area contributed by atoms with Crippen molar-refractivity contribution in [3.8, 4) is 6.07 Å². The maximum absolute atomic E-state index is 8.86. The summed E-state index contributed by atoms with van der Waals surface area (Å²) in [7, 11) is 0. The molecule has 3 nitrogen and oxygen atoms in total. The molecule has 1 aromatic heterocycles. The van der Waals surface area contributed by atoms with Crippen molar-refractivity contribution in [3.05, 3.63) is 23.9 Å². The Morgan fingerprint density at radius 3 is 3.06 bits per heavy atom. The summed E-state index contributed by atoms with van der Waals surface area (Å²) in [5.41, 5.74) is 0.617. The SMILES string of the molecule is CSCCCCCNc1ncccc1C#N. The van der Waals surface area contributed by atoms with Crippen LogP contribution in [0.3, 0.4) is 0 Å². The first kappa shape index (κ1) is 12.9. The van der Waals surface area contributed by atoms with Crippen molar-refractivity contribution in [2.45, 2.75) is 19.3 Å². The molecule has 0 unspecified atom stereocenters. The van der Waals surface area contributed by atoms with Gasteiger partial charge in [0.1, 0.15) is 11.9 Å². The minimum Gasteiger partial charge on any atom is -0.369 e. The van der Waals surface area contributed by atoms with Crippen LogP contribution >= 0.6 is 11.8 Å². The zero-order chi connectivity index (χ0) is 11.6. The highest BCUT2D eigenvalue weighted by Gasteiger charge is 2.00. The summed E-state index contributed by atoms with van der Waals surface area (Å²) in [6, 6.07) is 5.69. The fourth-order valence-electron chi connectivity index (χ4n) is 1.39. The van der Waals surface area contributed by atoms with Crippen LogP contribution in [-0.2, 0) is 0 Å². The van der Waals surface area contributed by atoms with Crippen LogP contribution in [0.4, 0.5) is 5.82 Å². The highest BCUT2D eigenvalue weighted by molar-refractivity contribution is 7.98. The van der Waals surface area contributed by atoms with Gasteiger partial charge in [-0.3, -0.25) is 0 Å². The number of unbranched alkanes of at least 4 members (excludes halogenated alkanes) is 2. The molecule has 16 heavy (non-hydrogen) atoms. The third-order valence-electron chi connectivity index (χ3n) is 2.25. The molecule has 0 aromatic carbocycles. The van der Waals surface area contributed by atoms with Gasteiger partial charge in [-0.2, -0.15) is 17.0 Å². The zero-order valence-electron chi connectivity index (χ0n) is 9.57. The van der Waals surface area contributed by atoms with Crippen molar-refractivity contribution in [2.75, 3.05) is 23.9 Å². The van der Waals surface area contributed by atoms with Crippen LogP contribution in [0.5, 0.6) is 0 Å². The van der Waals surface area contributed by atoms with Gasteiger partial charge < -0.3 is 5.32 Å². The third kappa shape index (κ3) is 4.54. The molecule has 0 spiro atoms. The van der Waals surface area contributed by atoms with E-state index in [9.17, 15) is 0 Å². The van der Waals surface area contributed by atoms with Crippen molar-refractivity contribution in [3.63, 3.8) is 0 Å². The van der Waals surface area contributed by atoms with Gasteiger partial charge in [0, 0.05) is 12.7 Å². The second-order valence-electron chi connectivity index (χ2n) is 3.49. The average molecular weight is 235 g/mol. The molecule has 4 heteroatoms. The number of thioether (sulfide) groups is 1. The molecule has 0 aliphatic carbocycles. The van der Waals surface area contributed by atoms with Crippen LogP contribution in [0.25, 0.3) is 0 Å². The number of hydrogen-bond acceptors (Lipinski definition) is 4. The lowest BCUT2D eigenvalue weighted by atomic mass is 10.2. The molecule has 0 fully saturated rings. The molecule has 0 amide bonds. The summed E-state index contributed by atoms with van der Waals surface area (Å²) in [5, 5.41) is 12.1. The molecule has 0 aliphatic rings. The number of aromatic nitrogens is 1. The normalized spacial score (nSPS) is 9.75. The third-order valence-corrected chi connectivity index (χ3v) is 2.94. The lowest BCUT2D eigenvalue weighted by Gasteiger charge is -2.06. The Balaban J connectivity index is 2.24. The Bertz CT molecular complexity index is 346. The van der Waals surface area contributed by atoms with E-state index in [4.69, 9.17) is 5.26 Å². The molecular weight excluding hydrogens is 218 g/mol. The number of hydrogen-bond donors (Lipinski definition) is 1. The second kappa shape index (κ2) is 8.00. The van der Waals surface area contributed by atoms with Gasteiger partial charge in [-0.1, -0.05) is 6.42 Å². The minimum atomic E-state index is 0.617. The van der Waals surface area contributed by atoms with Gasteiger partial charge in [0.05, 0.1) is 5.56 Å². The van der Waals surface area contributed by atoms with E-state index in [1.54, 1.807) is 18.3 Å². The highest BCUT2D eigenvalue weighted by Crippen LogP contribution is 2.10. The number of pyridine rings is 1. The van der Waals surface area contributed by atoms with E-state index < -0.39 is 0 Å². The number of nitriles is 1. The first-order chi connectivity index (χ1) is 7.88. The Hall–Kier alpha value is -1.21. The van der Waals surface area contributed by atoms with Gasteiger partial charge >= 0.3 is 0 Å². The molecule has 1 aromatic rings. The van der Waals surface area contributed by atoms with Gasteiger partial charge in [0.25, 0.3) is 0 Å². The first-order valence-corrected chi connectivity index (χ1v) is 6.86. The largest absolute Gasteiger partial charge is 0.369 e. The van der Waals surface area contributed by atoms with E-state index in [0.29, 0.717) is 11.4 Å². The van der Waals surface area contributed by atoms with Gasteiger partial charge in [-0.05, 0) is 37.0 Å². The number of nitrogens with zero attached hydrogens (tertiary/aromatic N) is 2. The van der Waals surface area contributed by atoms with Crippen molar-refractivity contribution in [1.29, 1.82) is 5.26 Å². The van der Waals surface area contributed by atoms with Gasteiger partial charge in [0.2, 0.25) is 0 Å². The molecule has 86 valence electrons. The molecule has 0 aliphatic heterocycles. The van der Waals surface area contributed by atoms with Gasteiger partial charge in [0.15, 0.2) is 0 Å². The van der Waals surface area contributed by atoms with Crippen LogP contribution in [0, 0.1) is 11.3 Å². The van der Waals surface area contributed by atoms with Crippen LogP contribution < -0.4 is 5.32 Å². The predicted molar refractivity (Wildman–Crippen MR) is 69.7 cm³/mol. The Kier molecular flexibility index (Phi) is 6.43. The van der Waals surface area contributed by atoms with E-state index in [1.165, 1.54) is 18.6 Å². The van der Waals surface area contributed by atoms with E-state index >= 15 is 0 Å². The fraction of sp³-hybridized carbons (Fsp3) is 0.500. The highest BCUT2D eigenvalue weighted by atomic mass is 32.2. The number of anilines is 1. The van der Waals surface area contributed by atoms with Gasteiger partial charge in [-0.15, -0.1) is 0 Å². The summed E-state index contributed by atoms with van der Waals surface area (Å²) in [5.74, 6) is 1.93. The summed E-state index contributed by atoms with van der Waals surface area (Å²) in [4.78, 5) is 4.15. The Labute approximate surface area is 101 Å². The second-order valence-corrected chi connectivity index (χ2v) is 4.48. The zero-order valence-corrected chi connectivity index (χ0v) is 10.4. The van der Waals surface area contributed by atoms with E-state index in [-0.39, 0.29) is 0 Å². The van der Waals surface area contributed by atoms with Crippen LogP contribution in [0.15, 0.2) is 18.3 Å². The summed E-state index contributed by atoms with van der Waals surface area (Å²) in [6.07, 6.45) is 7.45. The van der Waals surface area contributed by atoms with Crippen molar-refractivity contribution in [1.82, 2.24) is 4.98 Å². The molecule has 0 bridgehead atoms. The summed E-state index contributed by atoms with van der Waals surface area (Å²) in [6.45, 7) is 0.889.